The number of hydrogen-bond acceptors (Lipinski definition) is 3. The predicted molar refractivity (Wildman–Crippen MR) is 83.8 cm³/mol. The maximum atomic E-state index is 11.3. The summed E-state index contributed by atoms with van der Waals surface area (Å²) in [6.45, 7) is 0. The molecule has 4 aromatic rings. The molecule has 22 heavy (non-hydrogen) atoms. The van der Waals surface area contributed by atoms with E-state index in [1.54, 1.807) is 18.3 Å². The Balaban J connectivity index is 1.96. The third kappa shape index (κ3) is 1.83. The summed E-state index contributed by atoms with van der Waals surface area (Å²) in [5.74, 6) is -0.975. The van der Waals surface area contributed by atoms with Crippen molar-refractivity contribution in [3.8, 4) is 11.3 Å². The highest BCUT2D eigenvalue weighted by atomic mass is 16.4. The lowest BCUT2D eigenvalue weighted by Gasteiger charge is -2.01. The molecule has 2 aromatic carbocycles. The third-order valence-corrected chi connectivity index (χ3v) is 3.69. The van der Waals surface area contributed by atoms with Crippen molar-refractivity contribution in [1.82, 2.24) is 15.2 Å². The normalized spacial score (nSPS) is 11.1. The van der Waals surface area contributed by atoms with Crippen LogP contribution in [0.5, 0.6) is 0 Å². The molecule has 2 N–H and O–H groups in total. The molecule has 0 saturated carbocycles. The Morgan fingerprint density at radius 2 is 1.95 bits per heavy atom. The van der Waals surface area contributed by atoms with E-state index in [0.717, 1.165) is 21.9 Å². The first-order valence-corrected chi connectivity index (χ1v) is 6.79. The van der Waals surface area contributed by atoms with Gasteiger partial charge in [0.15, 0.2) is 0 Å². The van der Waals surface area contributed by atoms with Gasteiger partial charge in [-0.3, -0.25) is 10.1 Å². The first-order chi connectivity index (χ1) is 10.7. The monoisotopic (exact) mass is 289 g/mol. The molecule has 0 spiro atoms. The molecule has 0 radical (unpaired) electrons. The van der Waals surface area contributed by atoms with Gasteiger partial charge in [-0.2, -0.15) is 5.10 Å². The lowest BCUT2D eigenvalue weighted by atomic mass is 10.1. The zero-order valence-corrected chi connectivity index (χ0v) is 11.4. The molecule has 0 aliphatic heterocycles. The van der Waals surface area contributed by atoms with Crippen molar-refractivity contribution in [2.75, 3.05) is 0 Å². The maximum Gasteiger partial charge on any atom is 0.337 e. The zero-order chi connectivity index (χ0) is 15.1. The average molecular weight is 289 g/mol. The number of aromatic nitrogens is 3. The Kier molecular flexibility index (Phi) is 2.66. The fraction of sp³-hybridized carbons (Fsp3) is 0. The molecular formula is C17H11N3O2. The van der Waals surface area contributed by atoms with Crippen molar-refractivity contribution in [1.29, 1.82) is 0 Å². The van der Waals surface area contributed by atoms with E-state index in [2.05, 4.69) is 15.2 Å². The number of carbonyl (C=O) groups is 1. The molecule has 5 heteroatoms. The van der Waals surface area contributed by atoms with E-state index >= 15 is 0 Å². The fourth-order valence-corrected chi connectivity index (χ4v) is 2.64. The minimum Gasteiger partial charge on any atom is -0.478 e. The molecule has 2 aromatic heterocycles. The molecular weight excluding hydrogens is 278 g/mol. The molecule has 2 heterocycles. The van der Waals surface area contributed by atoms with Gasteiger partial charge >= 0.3 is 5.97 Å². The molecule has 0 saturated heterocycles. The molecule has 0 aliphatic carbocycles. The highest BCUT2D eigenvalue weighted by molar-refractivity contribution is 6.06. The van der Waals surface area contributed by atoms with Crippen LogP contribution in [0.4, 0.5) is 0 Å². The highest BCUT2D eigenvalue weighted by Crippen LogP contribution is 2.29. The van der Waals surface area contributed by atoms with E-state index in [4.69, 9.17) is 0 Å². The van der Waals surface area contributed by atoms with E-state index in [1.807, 2.05) is 36.4 Å². The van der Waals surface area contributed by atoms with Crippen LogP contribution in [-0.2, 0) is 0 Å². The SMILES string of the molecule is O=C(O)c1cccc2c(-c3cnc4ccccc4c3)n[nH]c12. The average Bonchev–Trinajstić information content (AvgIpc) is 2.98. The van der Waals surface area contributed by atoms with Gasteiger partial charge < -0.3 is 5.11 Å². The second-order valence-corrected chi connectivity index (χ2v) is 5.02. The molecule has 0 fully saturated rings. The molecule has 0 unspecified atom stereocenters. The van der Waals surface area contributed by atoms with Crippen LogP contribution in [0, 0.1) is 0 Å². The van der Waals surface area contributed by atoms with Crippen LogP contribution in [0.2, 0.25) is 0 Å². The van der Waals surface area contributed by atoms with Gasteiger partial charge in [0.2, 0.25) is 0 Å². The number of H-pyrrole nitrogens is 1. The van der Waals surface area contributed by atoms with Gasteiger partial charge in [-0.25, -0.2) is 4.79 Å². The number of rotatable bonds is 2. The summed E-state index contributed by atoms with van der Waals surface area (Å²) in [6.07, 6.45) is 1.76. The van der Waals surface area contributed by atoms with Crippen molar-refractivity contribution in [3.63, 3.8) is 0 Å². The summed E-state index contributed by atoms with van der Waals surface area (Å²) in [7, 11) is 0. The minimum absolute atomic E-state index is 0.213. The lowest BCUT2D eigenvalue weighted by molar-refractivity contribution is 0.0699. The number of fused-ring (bicyclic) bond motifs is 2. The van der Waals surface area contributed by atoms with E-state index in [0.29, 0.717) is 11.2 Å². The molecule has 0 aliphatic rings. The first kappa shape index (κ1) is 12.5. The Morgan fingerprint density at radius 3 is 2.82 bits per heavy atom. The van der Waals surface area contributed by atoms with E-state index < -0.39 is 5.97 Å². The third-order valence-electron chi connectivity index (χ3n) is 3.69. The van der Waals surface area contributed by atoms with Gasteiger partial charge in [-0.1, -0.05) is 30.3 Å². The second kappa shape index (κ2) is 4.66. The van der Waals surface area contributed by atoms with Crippen molar-refractivity contribution in [2.45, 2.75) is 0 Å². The largest absolute Gasteiger partial charge is 0.478 e. The van der Waals surface area contributed by atoms with Crippen LogP contribution >= 0.6 is 0 Å². The number of nitrogens with zero attached hydrogens (tertiary/aromatic N) is 2. The van der Waals surface area contributed by atoms with Crippen LogP contribution in [0.25, 0.3) is 33.1 Å². The van der Waals surface area contributed by atoms with Gasteiger partial charge in [-0.15, -0.1) is 0 Å². The van der Waals surface area contributed by atoms with E-state index in [1.165, 1.54) is 0 Å². The number of para-hydroxylation sites is 2. The standard InChI is InChI=1S/C17H11N3O2/c21-17(22)13-6-3-5-12-15(19-20-16(12)13)11-8-10-4-1-2-7-14(10)18-9-11/h1-9H,(H,19,20)(H,21,22). The maximum absolute atomic E-state index is 11.3. The summed E-state index contributed by atoms with van der Waals surface area (Å²) in [5.41, 5.74) is 3.21. The number of pyridine rings is 1. The molecule has 0 atom stereocenters. The number of aromatic amines is 1. The molecule has 0 bridgehead atoms. The van der Waals surface area contributed by atoms with Crippen LogP contribution in [0.15, 0.2) is 54.7 Å². The van der Waals surface area contributed by atoms with Crippen molar-refractivity contribution < 1.29 is 9.90 Å². The van der Waals surface area contributed by atoms with Crippen LogP contribution in [0.1, 0.15) is 10.4 Å². The molecule has 0 amide bonds. The van der Waals surface area contributed by atoms with Crippen LogP contribution < -0.4 is 0 Å². The Bertz CT molecular complexity index is 1020. The highest BCUT2D eigenvalue weighted by Gasteiger charge is 2.14. The molecule has 4 rings (SSSR count). The van der Waals surface area contributed by atoms with Crippen molar-refractivity contribution >= 4 is 27.8 Å². The number of carboxylic acids is 1. The van der Waals surface area contributed by atoms with Gasteiger partial charge in [0.1, 0.15) is 5.69 Å². The Hall–Kier alpha value is -3.21. The smallest absolute Gasteiger partial charge is 0.337 e. The summed E-state index contributed by atoms with van der Waals surface area (Å²) in [5, 5.41) is 18.2. The van der Waals surface area contributed by atoms with Crippen LogP contribution in [0.3, 0.4) is 0 Å². The second-order valence-electron chi connectivity index (χ2n) is 5.02. The van der Waals surface area contributed by atoms with Gasteiger partial charge in [0.05, 0.1) is 16.6 Å². The number of hydrogen-bond donors (Lipinski definition) is 2. The van der Waals surface area contributed by atoms with Crippen LogP contribution in [-0.4, -0.2) is 26.3 Å². The Labute approximate surface area is 125 Å². The topological polar surface area (TPSA) is 78.9 Å². The van der Waals surface area contributed by atoms with E-state index in [9.17, 15) is 9.90 Å². The summed E-state index contributed by atoms with van der Waals surface area (Å²) in [6, 6.07) is 15.0. The fourth-order valence-electron chi connectivity index (χ4n) is 2.64. The van der Waals surface area contributed by atoms with Gasteiger partial charge in [0, 0.05) is 22.5 Å². The number of benzene rings is 2. The molecule has 106 valence electrons. The van der Waals surface area contributed by atoms with Crippen molar-refractivity contribution in [2.24, 2.45) is 0 Å². The van der Waals surface area contributed by atoms with Crippen molar-refractivity contribution in [3.05, 3.63) is 60.3 Å². The summed E-state index contributed by atoms with van der Waals surface area (Å²) < 4.78 is 0. The van der Waals surface area contributed by atoms with E-state index in [-0.39, 0.29) is 5.56 Å². The lowest BCUT2D eigenvalue weighted by Crippen LogP contribution is -1.96. The zero-order valence-electron chi connectivity index (χ0n) is 11.4. The minimum atomic E-state index is -0.975. The summed E-state index contributed by atoms with van der Waals surface area (Å²) >= 11 is 0. The number of carboxylic acid groups (broad SMARTS) is 1. The Morgan fingerprint density at radius 1 is 1.09 bits per heavy atom. The van der Waals surface area contributed by atoms with Gasteiger partial charge in [-0.05, 0) is 18.2 Å². The molecule has 5 nitrogen and oxygen atoms in total. The van der Waals surface area contributed by atoms with Gasteiger partial charge in [0.25, 0.3) is 0 Å². The number of aromatic carboxylic acids is 1. The quantitative estimate of drug-likeness (QED) is 0.592. The first-order valence-electron chi connectivity index (χ1n) is 6.79. The predicted octanol–water partition coefficient (Wildman–Crippen LogP) is 3.48. The number of nitrogens with one attached hydrogen (secondary N) is 1. The summed E-state index contributed by atoms with van der Waals surface area (Å²) in [4.78, 5) is 15.7.